The minimum Gasteiger partial charge on any atom is -0.206 e. The predicted molar refractivity (Wildman–Crippen MR) is 86.3 cm³/mol. The van der Waals surface area contributed by atoms with Crippen LogP contribution in [0.5, 0.6) is 0 Å². The minimum absolute atomic E-state index is 0.160. The summed E-state index contributed by atoms with van der Waals surface area (Å²) in [6.07, 6.45) is 3.12. The van der Waals surface area contributed by atoms with Gasteiger partial charge >= 0.3 is 0 Å². The van der Waals surface area contributed by atoms with Crippen LogP contribution in [0, 0.1) is 17.4 Å². The molecule has 2 heteroatoms. The van der Waals surface area contributed by atoms with Crippen molar-refractivity contribution in [2.24, 2.45) is 0 Å². The fraction of sp³-hybridized carbons (Fsp3) is 0.222. The molecule has 1 unspecified atom stereocenters. The van der Waals surface area contributed by atoms with E-state index >= 15 is 0 Å². The normalized spacial score (nSPS) is 11.5. The first kappa shape index (κ1) is 14.8. The quantitative estimate of drug-likeness (QED) is 0.443. The summed E-state index contributed by atoms with van der Waals surface area (Å²) in [5, 5.41) is 1.83. The van der Waals surface area contributed by atoms with E-state index in [1.165, 1.54) is 6.07 Å². The zero-order chi connectivity index (χ0) is 14.2. The van der Waals surface area contributed by atoms with Gasteiger partial charge in [0.25, 0.3) is 0 Å². The van der Waals surface area contributed by atoms with Gasteiger partial charge in [0.1, 0.15) is 5.82 Å². The molecule has 0 radical (unpaired) electrons. The number of benzene rings is 2. The third-order valence-corrected chi connectivity index (χ3v) is 4.99. The molecule has 1 atom stereocenters. The smallest absolute Gasteiger partial charge is 0.132 e. The molecule has 2 aromatic rings. The molecule has 0 spiro atoms. The second-order valence-electron chi connectivity index (χ2n) is 4.51. The molecule has 20 heavy (non-hydrogen) atoms. The maximum absolute atomic E-state index is 14.0. The van der Waals surface area contributed by atoms with E-state index in [2.05, 4.69) is 18.5 Å². The lowest BCUT2D eigenvalue weighted by Crippen LogP contribution is -2.13. The van der Waals surface area contributed by atoms with E-state index in [1.807, 2.05) is 42.5 Å². The monoisotopic (exact) mass is 284 g/mol. The van der Waals surface area contributed by atoms with Crippen LogP contribution in [0.2, 0.25) is 0 Å². The highest BCUT2D eigenvalue weighted by Gasteiger charge is 2.14. The van der Waals surface area contributed by atoms with E-state index in [-0.39, 0.29) is 5.82 Å². The summed E-state index contributed by atoms with van der Waals surface area (Å²) in [6, 6.07) is 17.0. The zero-order valence-corrected chi connectivity index (χ0v) is 12.5. The molecule has 0 N–H and O–H groups in total. The van der Waals surface area contributed by atoms with Crippen molar-refractivity contribution in [3.63, 3.8) is 0 Å². The lowest BCUT2D eigenvalue weighted by atomic mass is 10.3. The summed E-state index contributed by atoms with van der Waals surface area (Å²) in [5.41, 5.74) is 3.30. The summed E-state index contributed by atoms with van der Waals surface area (Å²) in [4.78, 5) is 0. The van der Waals surface area contributed by atoms with E-state index in [0.29, 0.717) is 0 Å². The molecular formula is C18H18FP. The molecule has 0 fully saturated rings. The largest absolute Gasteiger partial charge is 0.206 e. The molecule has 0 saturated carbocycles. The fourth-order valence-electron chi connectivity index (χ4n) is 1.87. The van der Waals surface area contributed by atoms with Gasteiger partial charge in [0.2, 0.25) is 0 Å². The molecule has 0 nitrogen and oxygen atoms in total. The lowest BCUT2D eigenvalue weighted by Gasteiger charge is -2.12. The summed E-state index contributed by atoms with van der Waals surface area (Å²) < 4.78 is 14.0. The molecule has 0 aliphatic carbocycles. The predicted octanol–water partition coefficient (Wildman–Crippen LogP) is 4.41. The Kier molecular flexibility index (Phi) is 5.78. The maximum Gasteiger partial charge on any atom is 0.132 e. The highest BCUT2D eigenvalue weighted by atomic mass is 31.1. The standard InChI is InChI=1S/C18H18FP/c1-2-3-4-10-15-20(16-11-6-5-7-12-16)18-14-9-8-13-17(18)19/h5-9,11-14H,2-4H2,1H3. The van der Waals surface area contributed by atoms with Crippen molar-refractivity contribution in [3.05, 3.63) is 60.4 Å². The third kappa shape index (κ3) is 3.92. The van der Waals surface area contributed by atoms with Crippen LogP contribution in [-0.4, -0.2) is 0 Å². The van der Waals surface area contributed by atoms with Crippen LogP contribution in [0.15, 0.2) is 54.6 Å². The molecule has 0 saturated heterocycles. The number of halogens is 1. The van der Waals surface area contributed by atoms with Gasteiger partial charge in [-0.2, -0.15) is 0 Å². The van der Waals surface area contributed by atoms with Crippen LogP contribution < -0.4 is 10.6 Å². The van der Waals surface area contributed by atoms with Crippen molar-refractivity contribution in [1.82, 2.24) is 0 Å². The van der Waals surface area contributed by atoms with Crippen LogP contribution in [0.4, 0.5) is 4.39 Å². The van der Waals surface area contributed by atoms with Crippen molar-refractivity contribution in [3.8, 4) is 11.6 Å². The van der Waals surface area contributed by atoms with Crippen molar-refractivity contribution < 1.29 is 4.39 Å². The van der Waals surface area contributed by atoms with E-state index in [0.717, 1.165) is 29.9 Å². The average molecular weight is 284 g/mol. The third-order valence-electron chi connectivity index (χ3n) is 2.95. The number of unbranched alkanes of at least 4 members (excludes halogenated alkanes) is 2. The highest BCUT2D eigenvalue weighted by molar-refractivity contribution is 7.77. The summed E-state index contributed by atoms with van der Waals surface area (Å²) in [6.45, 7) is 2.15. The first-order valence-corrected chi connectivity index (χ1v) is 8.25. The molecule has 0 bridgehead atoms. The molecule has 0 aromatic heterocycles. The Morgan fingerprint density at radius 2 is 1.70 bits per heavy atom. The van der Waals surface area contributed by atoms with E-state index in [1.54, 1.807) is 6.07 Å². The Labute approximate surface area is 121 Å². The van der Waals surface area contributed by atoms with Crippen molar-refractivity contribution in [1.29, 1.82) is 0 Å². The van der Waals surface area contributed by atoms with Gasteiger partial charge in [-0.15, -0.1) is 0 Å². The molecule has 0 amide bonds. The molecular weight excluding hydrogens is 266 g/mol. The van der Waals surface area contributed by atoms with Crippen molar-refractivity contribution >= 4 is 18.5 Å². The van der Waals surface area contributed by atoms with Gasteiger partial charge in [-0.1, -0.05) is 73.5 Å². The summed E-state index contributed by atoms with van der Waals surface area (Å²) >= 11 is 0. The second-order valence-corrected chi connectivity index (χ2v) is 6.41. The zero-order valence-electron chi connectivity index (χ0n) is 11.6. The first-order chi connectivity index (χ1) is 9.83. The molecule has 102 valence electrons. The van der Waals surface area contributed by atoms with E-state index < -0.39 is 7.92 Å². The summed E-state index contributed by atoms with van der Waals surface area (Å²) in [7, 11) is -0.924. The van der Waals surface area contributed by atoms with Gasteiger partial charge in [-0.25, -0.2) is 4.39 Å². The maximum atomic E-state index is 14.0. The molecule has 2 rings (SSSR count). The second kappa shape index (κ2) is 7.83. The first-order valence-electron chi connectivity index (χ1n) is 6.91. The van der Waals surface area contributed by atoms with Gasteiger partial charge < -0.3 is 0 Å². The molecule has 0 heterocycles. The SMILES string of the molecule is CCCCC#CP(c1ccccc1)c1ccccc1F. The van der Waals surface area contributed by atoms with Crippen LogP contribution >= 0.6 is 7.92 Å². The highest BCUT2D eigenvalue weighted by Crippen LogP contribution is 2.32. The van der Waals surface area contributed by atoms with Gasteiger partial charge in [-0.3, -0.25) is 0 Å². The van der Waals surface area contributed by atoms with Crippen molar-refractivity contribution in [2.75, 3.05) is 0 Å². The topological polar surface area (TPSA) is 0 Å². The molecule has 0 aliphatic heterocycles. The van der Waals surface area contributed by atoms with Gasteiger partial charge in [0, 0.05) is 19.6 Å². The Morgan fingerprint density at radius 1 is 1.00 bits per heavy atom. The van der Waals surface area contributed by atoms with Crippen LogP contribution in [0.3, 0.4) is 0 Å². The van der Waals surface area contributed by atoms with Crippen LogP contribution in [0.1, 0.15) is 26.2 Å². The lowest BCUT2D eigenvalue weighted by molar-refractivity contribution is 0.636. The number of hydrogen-bond donors (Lipinski definition) is 0. The number of rotatable bonds is 4. The van der Waals surface area contributed by atoms with Crippen LogP contribution in [0.25, 0.3) is 0 Å². The Hall–Kier alpha value is -1.64. The number of hydrogen-bond acceptors (Lipinski definition) is 0. The van der Waals surface area contributed by atoms with Crippen LogP contribution in [-0.2, 0) is 0 Å². The molecule has 0 aliphatic rings. The Bertz CT molecular complexity index is 596. The molecule has 2 aromatic carbocycles. The van der Waals surface area contributed by atoms with Gasteiger partial charge in [0.05, 0.1) is 0 Å². The minimum atomic E-state index is -0.924. The van der Waals surface area contributed by atoms with Crippen molar-refractivity contribution in [2.45, 2.75) is 26.2 Å². The Balaban J connectivity index is 2.34. The van der Waals surface area contributed by atoms with E-state index in [9.17, 15) is 4.39 Å². The fourth-order valence-corrected chi connectivity index (χ4v) is 3.67. The van der Waals surface area contributed by atoms with Gasteiger partial charge in [0.15, 0.2) is 0 Å². The Morgan fingerprint density at radius 3 is 2.40 bits per heavy atom. The average Bonchev–Trinajstić information content (AvgIpc) is 2.49. The summed E-state index contributed by atoms with van der Waals surface area (Å²) in [5.74, 6) is 3.06. The van der Waals surface area contributed by atoms with Gasteiger partial charge in [-0.05, 0) is 17.8 Å². The van der Waals surface area contributed by atoms with E-state index in [4.69, 9.17) is 0 Å².